The van der Waals surface area contributed by atoms with Crippen LogP contribution in [0.15, 0.2) is 77.2 Å². The highest BCUT2D eigenvalue weighted by Gasteiger charge is 2.10. The van der Waals surface area contributed by atoms with Gasteiger partial charge in [0, 0.05) is 40.6 Å². The van der Waals surface area contributed by atoms with E-state index in [0.29, 0.717) is 24.9 Å². The van der Waals surface area contributed by atoms with Crippen molar-refractivity contribution >= 4 is 22.6 Å². The molecular formula is C31H36N4O3. The SMILES string of the molecule is CC(C)NC(=N)c1ccc(OCCCOc2ccc(-c3cc4ccc(C(=N)NC(C)C)cc4o3)cc2)cc1. The maximum absolute atomic E-state index is 8.21. The van der Waals surface area contributed by atoms with Crippen LogP contribution >= 0.6 is 0 Å². The van der Waals surface area contributed by atoms with Gasteiger partial charge in [0.25, 0.3) is 0 Å². The van der Waals surface area contributed by atoms with Crippen molar-refractivity contribution in [3.05, 3.63) is 83.9 Å². The second kappa shape index (κ2) is 12.3. The fourth-order valence-corrected chi connectivity index (χ4v) is 3.95. The van der Waals surface area contributed by atoms with Gasteiger partial charge in [-0.15, -0.1) is 0 Å². The van der Waals surface area contributed by atoms with Gasteiger partial charge in [-0.1, -0.05) is 12.1 Å². The fourth-order valence-electron chi connectivity index (χ4n) is 3.95. The van der Waals surface area contributed by atoms with Crippen LogP contribution in [0.5, 0.6) is 11.5 Å². The van der Waals surface area contributed by atoms with Crippen molar-refractivity contribution in [3.63, 3.8) is 0 Å². The molecule has 4 aromatic rings. The molecule has 4 N–H and O–H groups in total. The van der Waals surface area contributed by atoms with Gasteiger partial charge in [-0.05, 0) is 88.4 Å². The van der Waals surface area contributed by atoms with Gasteiger partial charge in [-0.3, -0.25) is 10.8 Å². The van der Waals surface area contributed by atoms with Crippen LogP contribution in [-0.2, 0) is 0 Å². The lowest BCUT2D eigenvalue weighted by molar-refractivity contribution is 0.247. The third kappa shape index (κ3) is 7.16. The number of furan rings is 1. The number of rotatable bonds is 11. The van der Waals surface area contributed by atoms with Gasteiger partial charge in [-0.25, -0.2) is 0 Å². The molecule has 0 unspecified atom stereocenters. The van der Waals surface area contributed by atoms with Crippen LogP contribution < -0.4 is 20.1 Å². The van der Waals surface area contributed by atoms with Crippen molar-refractivity contribution in [1.82, 2.24) is 10.6 Å². The summed E-state index contributed by atoms with van der Waals surface area (Å²) in [6.07, 6.45) is 0.751. The Bertz CT molecular complexity index is 1370. The number of nitrogens with one attached hydrogen (secondary N) is 4. The Labute approximate surface area is 224 Å². The van der Waals surface area contributed by atoms with E-state index in [1.54, 1.807) is 0 Å². The topological polar surface area (TPSA) is 103 Å². The van der Waals surface area contributed by atoms with Crippen molar-refractivity contribution < 1.29 is 13.9 Å². The minimum absolute atomic E-state index is 0.199. The Hall–Kier alpha value is -4.26. The lowest BCUT2D eigenvalue weighted by atomic mass is 10.1. The Morgan fingerprint density at radius 1 is 0.711 bits per heavy atom. The van der Waals surface area contributed by atoms with Gasteiger partial charge >= 0.3 is 0 Å². The van der Waals surface area contributed by atoms with Crippen LogP contribution in [0.3, 0.4) is 0 Å². The third-order valence-electron chi connectivity index (χ3n) is 5.78. The van der Waals surface area contributed by atoms with Crippen LogP contribution in [0, 0.1) is 10.8 Å². The monoisotopic (exact) mass is 512 g/mol. The van der Waals surface area contributed by atoms with E-state index in [1.807, 2.05) is 100 Å². The molecule has 38 heavy (non-hydrogen) atoms. The Balaban J connectivity index is 1.25. The fraction of sp³-hybridized carbons (Fsp3) is 0.290. The van der Waals surface area contributed by atoms with Crippen molar-refractivity contribution in [2.75, 3.05) is 13.2 Å². The largest absolute Gasteiger partial charge is 0.493 e. The maximum atomic E-state index is 8.21. The van der Waals surface area contributed by atoms with Crippen molar-refractivity contribution in [1.29, 1.82) is 10.8 Å². The molecule has 4 rings (SSSR count). The lowest BCUT2D eigenvalue weighted by Crippen LogP contribution is -2.30. The summed E-state index contributed by atoms with van der Waals surface area (Å²) in [5.41, 5.74) is 3.36. The number of amidine groups is 2. The van der Waals surface area contributed by atoms with Crippen molar-refractivity contribution in [3.8, 4) is 22.8 Å². The average molecular weight is 513 g/mol. The first-order valence-corrected chi connectivity index (χ1v) is 13.0. The second-order valence-electron chi connectivity index (χ2n) is 9.81. The standard InChI is InChI=1S/C31H36N4O3/c1-20(2)34-30(32)23-10-14-27(15-11-23)37-17-5-16-36-26-12-8-22(9-13-26)28-18-24-6-7-25(19-29(24)38-28)31(33)35-21(3)4/h6-15,18-21H,5,16-17H2,1-4H3,(H2,32,34)(H2,33,35). The summed E-state index contributed by atoms with van der Waals surface area (Å²) < 4.78 is 17.8. The van der Waals surface area contributed by atoms with E-state index in [0.717, 1.165) is 51.3 Å². The van der Waals surface area contributed by atoms with Crippen LogP contribution in [0.2, 0.25) is 0 Å². The number of ether oxygens (including phenoxy) is 2. The molecular weight excluding hydrogens is 476 g/mol. The second-order valence-corrected chi connectivity index (χ2v) is 9.81. The van der Waals surface area contributed by atoms with Gasteiger partial charge in [0.05, 0.1) is 13.2 Å². The number of fused-ring (bicyclic) bond motifs is 1. The molecule has 0 aliphatic heterocycles. The zero-order chi connectivity index (χ0) is 27.1. The first-order valence-electron chi connectivity index (χ1n) is 13.0. The third-order valence-corrected chi connectivity index (χ3v) is 5.78. The minimum Gasteiger partial charge on any atom is -0.493 e. The zero-order valence-corrected chi connectivity index (χ0v) is 22.4. The van der Waals surface area contributed by atoms with E-state index in [2.05, 4.69) is 10.6 Å². The highest BCUT2D eigenvalue weighted by Crippen LogP contribution is 2.29. The van der Waals surface area contributed by atoms with Crippen LogP contribution in [-0.4, -0.2) is 37.0 Å². The Morgan fingerprint density at radius 2 is 1.24 bits per heavy atom. The average Bonchev–Trinajstić information content (AvgIpc) is 3.32. The molecule has 0 saturated carbocycles. The highest BCUT2D eigenvalue weighted by atomic mass is 16.5. The highest BCUT2D eigenvalue weighted by molar-refractivity contribution is 6.00. The number of hydrogen-bond donors (Lipinski definition) is 4. The molecule has 198 valence electrons. The Morgan fingerprint density at radius 3 is 1.82 bits per heavy atom. The molecule has 0 spiro atoms. The quantitative estimate of drug-likeness (QED) is 0.103. The molecule has 0 amide bonds. The zero-order valence-electron chi connectivity index (χ0n) is 22.4. The summed E-state index contributed by atoms with van der Waals surface area (Å²) in [6, 6.07) is 23.7. The lowest BCUT2D eigenvalue weighted by Gasteiger charge is -2.12. The molecule has 0 radical (unpaired) electrons. The van der Waals surface area contributed by atoms with Crippen LogP contribution in [0.1, 0.15) is 45.2 Å². The summed E-state index contributed by atoms with van der Waals surface area (Å²) in [6.45, 7) is 9.15. The van der Waals surface area contributed by atoms with E-state index in [1.165, 1.54) is 0 Å². The summed E-state index contributed by atoms with van der Waals surface area (Å²) in [4.78, 5) is 0. The first kappa shape index (κ1) is 26.8. The normalized spacial score (nSPS) is 11.1. The molecule has 0 bridgehead atoms. The minimum atomic E-state index is 0.199. The molecule has 0 fully saturated rings. The van der Waals surface area contributed by atoms with Gasteiger partial charge < -0.3 is 24.5 Å². The van der Waals surface area contributed by atoms with Gasteiger partial charge in [-0.2, -0.15) is 0 Å². The molecule has 1 aromatic heterocycles. The van der Waals surface area contributed by atoms with Crippen molar-refractivity contribution in [2.24, 2.45) is 0 Å². The van der Waals surface area contributed by atoms with E-state index in [-0.39, 0.29) is 12.1 Å². The molecule has 1 heterocycles. The van der Waals surface area contributed by atoms with Gasteiger partial charge in [0.15, 0.2) is 0 Å². The number of hydrogen-bond acceptors (Lipinski definition) is 5. The van der Waals surface area contributed by atoms with E-state index >= 15 is 0 Å². The van der Waals surface area contributed by atoms with E-state index in [4.69, 9.17) is 24.7 Å². The van der Waals surface area contributed by atoms with Gasteiger partial charge in [0.2, 0.25) is 0 Å². The van der Waals surface area contributed by atoms with Crippen LogP contribution in [0.25, 0.3) is 22.3 Å². The summed E-state index contributed by atoms with van der Waals surface area (Å²) in [7, 11) is 0. The summed E-state index contributed by atoms with van der Waals surface area (Å²) in [5, 5.41) is 23.5. The smallest absolute Gasteiger partial charge is 0.135 e. The molecule has 0 aliphatic rings. The summed E-state index contributed by atoms with van der Waals surface area (Å²) >= 11 is 0. The molecule has 0 aliphatic carbocycles. The predicted octanol–water partition coefficient (Wildman–Crippen LogP) is 6.59. The molecule has 0 atom stereocenters. The Kier molecular flexibility index (Phi) is 8.69. The maximum Gasteiger partial charge on any atom is 0.135 e. The molecule has 7 nitrogen and oxygen atoms in total. The predicted molar refractivity (Wildman–Crippen MR) is 154 cm³/mol. The molecule has 7 heteroatoms. The first-order chi connectivity index (χ1) is 18.3. The van der Waals surface area contributed by atoms with E-state index in [9.17, 15) is 0 Å². The molecule has 3 aromatic carbocycles. The summed E-state index contributed by atoms with van der Waals surface area (Å²) in [5.74, 6) is 3.15. The van der Waals surface area contributed by atoms with Crippen molar-refractivity contribution in [2.45, 2.75) is 46.2 Å². The van der Waals surface area contributed by atoms with Crippen LogP contribution in [0.4, 0.5) is 0 Å². The van der Waals surface area contributed by atoms with Gasteiger partial charge in [0.1, 0.15) is 34.5 Å². The number of benzene rings is 3. The van der Waals surface area contributed by atoms with E-state index < -0.39 is 0 Å². The molecule has 0 saturated heterocycles.